The highest BCUT2D eigenvalue weighted by Gasteiger charge is 2.35. The van der Waals surface area contributed by atoms with Crippen molar-refractivity contribution in [1.82, 2.24) is 0 Å². The van der Waals surface area contributed by atoms with Crippen molar-refractivity contribution in [2.75, 3.05) is 17.2 Å². The summed E-state index contributed by atoms with van der Waals surface area (Å²) < 4.78 is 0. The van der Waals surface area contributed by atoms with Crippen molar-refractivity contribution in [2.24, 2.45) is 11.8 Å². The van der Waals surface area contributed by atoms with E-state index in [0.717, 1.165) is 24.3 Å². The van der Waals surface area contributed by atoms with Crippen molar-refractivity contribution < 1.29 is 4.79 Å². The van der Waals surface area contributed by atoms with Gasteiger partial charge in [0.25, 0.3) is 0 Å². The molecule has 0 radical (unpaired) electrons. The van der Waals surface area contributed by atoms with Crippen LogP contribution in [0.4, 0.5) is 11.4 Å². The summed E-state index contributed by atoms with van der Waals surface area (Å²) in [5, 5.41) is 0. The summed E-state index contributed by atoms with van der Waals surface area (Å²) in [7, 11) is 0. The summed E-state index contributed by atoms with van der Waals surface area (Å²) in [6, 6.07) is 7.57. The van der Waals surface area contributed by atoms with E-state index in [4.69, 9.17) is 5.73 Å². The second kappa shape index (κ2) is 5.42. The molecule has 0 saturated heterocycles. The van der Waals surface area contributed by atoms with Crippen molar-refractivity contribution in [3.8, 4) is 0 Å². The Balaban J connectivity index is 2.16. The second-order valence-electron chi connectivity index (χ2n) is 5.21. The normalized spacial score (nSPS) is 16.3. The fraction of sp³-hybridized carbons (Fsp3) is 0.533. The van der Waals surface area contributed by atoms with Crippen LogP contribution in [0.15, 0.2) is 24.3 Å². The van der Waals surface area contributed by atoms with Crippen LogP contribution in [-0.2, 0) is 4.79 Å². The van der Waals surface area contributed by atoms with E-state index in [1.807, 2.05) is 29.2 Å². The minimum atomic E-state index is 0.147. The van der Waals surface area contributed by atoms with E-state index in [9.17, 15) is 4.79 Å². The minimum absolute atomic E-state index is 0.147. The van der Waals surface area contributed by atoms with E-state index in [1.165, 1.54) is 12.8 Å². The molecule has 18 heavy (non-hydrogen) atoms. The Morgan fingerprint density at radius 1 is 1.39 bits per heavy atom. The van der Waals surface area contributed by atoms with Gasteiger partial charge in [-0.3, -0.25) is 4.79 Å². The van der Waals surface area contributed by atoms with Gasteiger partial charge in [-0.15, -0.1) is 0 Å². The van der Waals surface area contributed by atoms with Gasteiger partial charge >= 0.3 is 0 Å². The lowest BCUT2D eigenvalue weighted by molar-refractivity contribution is -0.122. The average molecular weight is 246 g/mol. The SMILES string of the molecule is CCCN(C(=O)C(C)C1CC1)c1ccc(N)cc1. The molecular weight excluding hydrogens is 224 g/mol. The average Bonchev–Trinajstić information content (AvgIpc) is 3.20. The smallest absolute Gasteiger partial charge is 0.230 e. The lowest BCUT2D eigenvalue weighted by atomic mass is 10.0. The first-order valence-electron chi connectivity index (χ1n) is 6.80. The number of rotatable bonds is 5. The zero-order valence-corrected chi connectivity index (χ0v) is 11.2. The van der Waals surface area contributed by atoms with E-state index in [1.54, 1.807) is 0 Å². The number of hydrogen-bond acceptors (Lipinski definition) is 2. The predicted octanol–water partition coefficient (Wildman–Crippen LogP) is 3.06. The third-order valence-corrected chi connectivity index (χ3v) is 3.64. The van der Waals surface area contributed by atoms with E-state index in [2.05, 4.69) is 13.8 Å². The van der Waals surface area contributed by atoms with E-state index in [0.29, 0.717) is 5.92 Å². The molecule has 0 heterocycles. The molecule has 3 nitrogen and oxygen atoms in total. The molecule has 1 atom stereocenters. The molecule has 1 aromatic rings. The number of hydrogen-bond donors (Lipinski definition) is 1. The molecule has 0 aliphatic heterocycles. The highest BCUT2D eigenvalue weighted by atomic mass is 16.2. The van der Waals surface area contributed by atoms with Gasteiger partial charge in [-0.25, -0.2) is 0 Å². The number of nitrogen functional groups attached to an aromatic ring is 1. The van der Waals surface area contributed by atoms with Gasteiger partial charge in [-0.1, -0.05) is 13.8 Å². The van der Waals surface area contributed by atoms with Crippen LogP contribution in [0.2, 0.25) is 0 Å². The third kappa shape index (κ3) is 2.84. The van der Waals surface area contributed by atoms with Crippen molar-refractivity contribution in [3.05, 3.63) is 24.3 Å². The molecule has 1 fully saturated rings. The number of carbonyl (C=O) groups is 1. The molecule has 98 valence electrons. The van der Waals surface area contributed by atoms with Crippen LogP contribution < -0.4 is 10.6 Å². The highest BCUT2D eigenvalue weighted by Crippen LogP contribution is 2.38. The molecule has 0 spiro atoms. The molecule has 1 aliphatic carbocycles. The molecule has 1 aromatic carbocycles. The topological polar surface area (TPSA) is 46.3 Å². The molecule has 1 aliphatic rings. The zero-order valence-electron chi connectivity index (χ0n) is 11.2. The van der Waals surface area contributed by atoms with E-state index in [-0.39, 0.29) is 11.8 Å². The predicted molar refractivity (Wildman–Crippen MR) is 75.4 cm³/mol. The maximum atomic E-state index is 12.5. The van der Waals surface area contributed by atoms with E-state index < -0.39 is 0 Å². The maximum Gasteiger partial charge on any atom is 0.230 e. The Morgan fingerprint density at radius 2 is 2.00 bits per heavy atom. The molecule has 3 heteroatoms. The maximum absolute atomic E-state index is 12.5. The quantitative estimate of drug-likeness (QED) is 0.812. The van der Waals surface area contributed by atoms with Crippen molar-refractivity contribution in [3.63, 3.8) is 0 Å². The molecule has 1 saturated carbocycles. The summed E-state index contributed by atoms with van der Waals surface area (Å²) in [6.45, 7) is 4.93. The zero-order chi connectivity index (χ0) is 13.1. The number of anilines is 2. The molecule has 1 unspecified atom stereocenters. The van der Waals surface area contributed by atoms with Gasteiger partial charge < -0.3 is 10.6 Å². The van der Waals surface area contributed by atoms with Gasteiger partial charge in [-0.2, -0.15) is 0 Å². The highest BCUT2D eigenvalue weighted by molar-refractivity contribution is 5.95. The Kier molecular flexibility index (Phi) is 3.90. The van der Waals surface area contributed by atoms with Crippen molar-refractivity contribution >= 4 is 17.3 Å². The number of benzene rings is 1. The van der Waals surface area contributed by atoms with Gasteiger partial charge in [-0.05, 0) is 49.4 Å². The largest absolute Gasteiger partial charge is 0.399 e. The Bertz CT molecular complexity index is 409. The third-order valence-electron chi connectivity index (χ3n) is 3.64. The number of nitrogens with zero attached hydrogens (tertiary/aromatic N) is 1. The molecule has 2 N–H and O–H groups in total. The Hall–Kier alpha value is -1.51. The van der Waals surface area contributed by atoms with Crippen LogP contribution in [0.5, 0.6) is 0 Å². The van der Waals surface area contributed by atoms with Crippen LogP contribution in [0.1, 0.15) is 33.1 Å². The van der Waals surface area contributed by atoms with Crippen LogP contribution in [-0.4, -0.2) is 12.5 Å². The summed E-state index contributed by atoms with van der Waals surface area (Å²) in [5.41, 5.74) is 7.39. The van der Waals surface area contributed by atoms with Gasteiger partial charge in [0.1, 0.15) is 0 Å². The van der Waals surface area contributed by atoms with Crippen LogP contribution in [0.25, 0.3) is 0 Å². The number of amides is 1. The lowest BCUT2D eigenvalue weighted by Crippen LogP contribution is -2.36. The fourth-order valence-corrected chi connectivity index (χ4v) is 2.29. The van der Waals surface area contributed by atoms with Gasteiger partial charge in [0.2, 0.25) is 5.91 Å². The van der Waals surface area contributed by atoms with Gasteiger partial charge in [0.05, 0.1) is 0 Å². The van der Waals surface area contributed by atoms with Crippen molar-refractivity contribution in [1.29, 1.82) is 0 Å². The van der Waals surface area contributed by atoms with Crippen LogP contribution >= 0.6 is 0 Å². The first-order valence-corrected chi connectivity index (χ1v) is 6.80. The second-order valence-corrected chi connectivity index (χ2v) is 5.21. The standard InChI is InChI=1S/C15H22N2O/c1-3-10-17(14-8-6-13(16)7-9-14)15(18)11(2)12-4-5-12/h6-9,11-12H,3-5,10,16H2,1-2H3. The lowest BCUT2D eigenvalue weighted by Gasteiger charge is -2.25. The summed E-state index contributed by atoms with van der Waals surface area (Å²) in [5.74, 6) is 1.00. The van der Waals surface area contributed by atoms with Crippen LogP contribution in [0.3, 0.4) is 0 Å². The molecule has 0 bridgehead atoms. The summed E-state index contributed by atoms with van der Waals surface area (Å²) in [4.78, 5) is 14.4. The van der Waals surface area contributed by atoms with Gasteiger partial charge in [0.15, 0.2) is 0 Å². The van der Waals surface area contributed by atoms with Crippen LogP contribution in [0, 0.1) is 11.8 Å². The van der Waals surface area contributed by atoms with Crippen molar-refractivity contribution in [2.45, 2.75) is 33.1 Å². The Labute approximate surface area is 109 Å². The summed E-state index contributed by atoms with van der Waals surface area (Å²) in [6.07, 6.45) is 3.37. The first-order chi connectivity index (χ1) is 8.63. The summed E-state index contributed by atoms with van der Waals surface area (Å²) >= 11 is 0. The monoisotopic (exact) mass is 246 g/mol. The number of nitrogens with two attached hydrogens (primary N) is 1. The molecular formula is C15H22N2O. The molecule has 1 amide bonds. The van der Waals surface area contributed by atoms with Gasteiger partial charge in [0, 0.05) is 23.8 Å². The fourth-order valence-electron chi connectivity index (χ4n) is 2.29. The van der Waals surface area contributed by atoms with E-state index >= 15 is 0 Å². The first kappa shape index (κ1) is 12.9. The molecule has 2 rings (SSSR count). The molecule has 0 aromatic heterocycles. The number of carbonyl (C=O) groups excluding carboxylic acids is 1. The minimum Gasteiger partial charge on any atom is -0.399 e. The Morgan fingerprint density at radius 3 is 2.50 bits per heavy atom.